The molecule has 1 aliphatic carbocycles. The molecule has 6 heteroatoms. The quantitative estimate of drug-likeness (QED) is 0.851. The molecule has 0 bridgehead atoms. The second-order valence-corrected chi connectivity index (χ2v) is 5.99. The lowest BCUT2D eigenvalue weighted by molar-refractivity contribution is -0.0395. The summed E-state index contributed by atoms with van der Waals surface area (Å²) in [7, 11) is 0. The van der Waals surface area contributed by atoms with E-state index < -0.39 is 0 Å². The molecule has 1 amide bonds. The SMILES string of the molecule is O=C(c1cn[nH]c1C1CC1)N1CCN2CCOCC2C1. The van der Waals surface area contributed by atoms with Crippen LogP contribution in [0.5, 0.6) is 0 Å². The molecule has 1 aromatic rings. The summed E-state index contributed by atoms with van der Waals surface area (Å²) in [4.78, 5) is 17.1. The molecule has 1 saturated carbocycles. The van der Waals surface area contributed by atoms with Crippen molar-refractivity contribution in [3.8, 4) is 0 Å². The van der Waals surface area contributed by atoms with Crippen LogP contribution in [0.1, 0.15) is 34.8 Å². The van der Waals surface area contributed by atoms with Gasteiger partial charge in [0.05, 0.1) is 36.7 Å². The van der Waals surface area contributed by atoms with Gasteiger partial charge < -0.3 is 9.64 Å². The normalized spacial score (nSPS) is 27.4. The molecule has 1 atom stereocenters. The summed E-state index contributed by atoms with van der Waals surface area (Å²) in [5, 5.41) is 7.08. The lowest BCUT2D eigenvalue weighted by Gasteiger charge is -2.43. The number of aromatic amines is 1. The van der Waals surface area contributed by atoms with Gasteiger partial charge in [-0.1, -0.05) is 0 Å². The van der Waals surface area contributed by atoms with Crippen LogP contribution in [-0.2, 0) is 4.74 Å². The molecule has 2 saturated heterocycles. The number of aromatic nitrogens is 2. The summed E-state index contributed by atoms with van der Waals surface area (Å²) in [5.74, 6) is 0.654. The van der Waals surface area contributed by atoms with Gasteiger partial charge in [0.25, 0.3) is 5.91 Å². The molecule has 20 heavy (non-hydrogen) atoms. The molecule has 3 heterocycles. The van der Waals surface area contributed by atoms with Gasteiger partial charge in [-0.3, -0.25) is 14.8 Å². The van der Waals surface area contributed by atoms with Crippen LogP contribution in [0.15, 0.2) is 6.20 Å². The van der Waals surface area contributed by atoms with Gasteiger partial charge in [-0.15, -0.1) is 0 Å². The number of hydrogen-bond acceptors (Lipinski definition) is 4. The van der Waals surface area contributed by atoms with Gasteiger partial charge in [-0.25, -0.2) is 0 Å². The Kier molecular flexibility index (Phi) is 3.00. The number of hydrogen-bond donors (Lipinski definition) is 1. The molecule has 108 valence electrons. The first-order valence-electron chi connectivity index (χ1n) is 7.47. The first-order valence-corrected chi connectivity index (χ1v) is 7.47. The molecule has 3 aliphatic rings. The number of fused-ring (bicyclic) bond motifs is 1. The monoisotopic (exact) mass is 276 g/mol. The average Bonchev–Trinajstić information content (AvgIpc) is 3.23. The molecular weight excluding hydrogens is 256 g/mol. The maximum Gasteiger partial charge on any atom is 0.257 e. The van der Waals surface area contributed by atoms with Crippen molar-refractivity contribution >= 4 is 5.91 Å². The Morgan fingerprint density at radius 1 is 1.35 bits per heavy atom. The van der Waals surface area contributed by atoms with Crippen LogP contribution in [-0.4, -0.2) is 71.3 Å². The maximum atomic E-state index is 12.7. The number of ether oxygens (including phenoxy) is 1. The first kappa shape index (κ1) is 12.3. The molecule has 0 radical (unpaired) electrons. The van der Waals surface area contributed by atoms with Gasteiger partial charge in [0.1, 0.15) is 0 Å². The molecule has 6 nitrogen and oxygen atoms in total. The second-order valence-electron chi connectivity index (χ2n) is 5.99. The lowest BCUT2D eigenvalue weighted by Crippen LogP contribution is -2.59. The molecule has 0 aromatic carbocycles. The minimum absolute atomic E-state index is 0.130. The Morgan fingerprint density at radius 2 is 2.25 bits per heavy atom. The largest absolute Gasteiger partial charge is 0.378 e. The molecular formula is C14H20N4O2. The van der Waals surface area contributed by atoms with E-state index in [1.807, 2.05) is 4.90 Å². The topological polar surface area (TPSA) is 61.5 Å². The Balaban J connectivity index is 1.49. The third-order valence-electron chi connectivity index (χ3n) is 4.61. The average molecular weight is 276 g/mol. The van der Waals surface area contributed by atoms with Crippen molar-refractivity contribution in [1.29, 1.82) is 0 Å². The second kappa shape index (κ2) is 4.86. The van der Waals surface area contributed by atoms with Gasteiger partial charge in [-0.2, -0.15) is 5.10 Å². The van der Waals surface area contributed by atoms with Crippen molar-refractivity contribution in [2.24, 2.45) is 0 Å². The van der Waals surface area contributed by atoms with E-state index in [4.69, 9.17) is 4.74 Å². The number of morpholine rings is 1. The summed E-state index contributed by atoms with van der Waals surface area (Å²) in [5.41, 5.74) is 1.81. The standard InChI is InChI=1S/C14H20N4O2/c19-14(12-7-15-16-13(12)10-1-2-10)18-4-3-17-5-6-20-9-11(17)8-18/h7,10-11H,1-6,8-9H2,(H,15,16). The summed E-state index contributed by atoms with van der Waals surface area (Å²) < 4.78 is 5.53. The summed E-state index contributed by atoms with van der Waals surface area (Å²) >= 11 is 0. The van der Waals surface area contributed by atoms with Crippen molar-refractivity contribution in [2.45, 2.75) is 24.8 Å². The Bertz CT molecular complexity index is 511. The summed E-state index contributed by atoms with van der Waals surface area (Å²) in [6.07, 6.45) is 4.04. The molecule has 3 fully saturated rings. The highest BCUT2D eigenvalue weighted by molar-refractivity contribution is 5.95. The van der Waals surface area contributed by atoms with E-state index in [1.165, 1.54) is 12.8 Å². The number of carbonyl (C=O) groups excluding carboxylic acids is 1. The Hall–Kier alpha value is -1.40. The lowest BCUT2D eigenvalue weighted by atomic mass is 10.1. The molecule has 1 aromatic heterocycles. The molecule has 4 rings (SSSR count). The van der Waals surface area contributed by atoms with E-state index >= 15 is 0 Å². The van der Waals surface area contributed by atoms with Crippen LogP contribution in [0.4, 0.5) is 0 Å². The van der Waals surface area contributed by atoms with Crippen LogP contribution < -0.4 is 0 Å². The summed E-state index contributed by atoms with van der Waals surface area (Å²) in [6, 6.07) is 0.359. The van der Waals surface area contributed by atoms with E-state index in [0.717, 1.165) is 50.7 Å². The smallest absolute Gasteiger partial charge is 0.257 e. The predicted octanol–water partition coefficient (Wildman–Crippen LogP) is 0.444. The number of carbonyl (C=O) groups is 1. The number of nitrogens with zero attached hydrogens (tertiary/aromatic N) is 3. The fourth-order valence-electron chi connectivity index (χ4n) is 3.25. The van der Waals surface area contributed by atoms with Gasteiger partial charge in [-0.05, 0) is 12.8 Å². The van der Waals surface area contributed by atoms with E-state index in [2.05, 4.69) is 15.1 Å². The molecule has 0 spiro atoms. The fourth-order valence-corrected chi connectivity index (χ4v) is 3.25. The van der Waals surface area contributed by atoms with Gasteiger partial charge in [0.2, 0.25) is 0 Å². The van der Waals surface area contributed by atoms with Crippen molar-refractivity contribution in [2.75, 3.05) is 39.4 Å². The minimum atomic E-state index is 0.130. The third kappa shape index (κ3) is 2.13. The predicted molar refractivity (Wildman–Crippen MR) is 72.6 cm³/mol. The molecule has 1 N–H and O–H groups in total. The van der Waals surface area contributed by atoms with E-state index in [9.17, 15) is 4.79 Å². The van der Waals surface area contributed by atoms with Gasteiger partial charge in [0.15, 0.2) is 0 Å². The molecule has 2 aliphatic heterocycles. The highest BCUT2D eigenvalue weighted by atomic mass is 16.5. The van der Waals surface area contributed by atoms with Crippen molar-refractivity contribution < 1.29 is 9.53 Å². The number of nitrogens with one attached hydrogen (secondary N) is 1. The maximum absolute atomic E-state index is 12.7. The van der Waals surface area contributed by atoms with E-state index in [0.29, 0.717) is 12.0 Å². The van der Waals surface area contributed by atoms with Crippen molar-refractivity contribution in [3.63, 3.8) is 0 Å². The third-order valence-corrected chi connectivity index (χ3v) is 4.61. The zero-order valence-corrected chi connectivity index (χ0v) is 11.5. The number of piperazine rings is 1. The van der Waals surface area contributed by atoms with E-state index in [1.54, 1.807) is 6.20 Å². The molecule has 1 unspecified atom stereocenters. The van der Waals surface area contributed by atoms with Crippen LogP contribution in [0.2, 0.25) is 0 Å². The van der Waals surface area contributed by atoms with Crippen LogP contribution in [0.3, 0.4) is 0 Å². The first-order chi connectivity index (χ1) is 9.83. The van der Waals surface area contributed by atoms with Crippen molar-refractivity contribution in [3.05, 3.63) is 17.5 Å². The number of H-pyrrole nitrogens is 1. The van der Waals surface area contributed by atoms with Crippen LogP contribution in [0, 0.1) is 0 Å². The Labute approximate surface area is 118 Å². The zero-order chi connectivity index (χ0) is 13.5. The number of rotatable bonds is 2. The highest BCUT2D eigenvalue weighted by Gasteiger charge is 2.35. The highest BCUT2D eigenvalue weighted by Crippen LogP contribution is 2.40. The Morgan fingerprint density at radius 3 is 3.10 bits per heavy atom. The van der Waals surface area contributed by atoms with Gasteiger partial charge >= 0.3 is 0 Å². The van der Waals surface area contributed by atoms with E-state index in [-0.39, 0.29) is 5.91 Å². The van der Waals surface area contributed by atoms with Crippen molar-refractivity contribution in [1.82, 2.24) is 20.0 Å². The van der Waals surface area contributed by atoms with Gasteiger partial charge in [0, 0.05) is 32.1 Å². The van der Waals surface area contributed by atoms with Crippen LogP contribution in [0.25, 0.3) is 0 Å². The zero-order valence-electron chi connectivity index (χ0n) is 11.5. The number of amides is 1. The minimum Gasteiger partial charge on any atom is -0.378 e. The summed E-state index contributed by atoms with van der Waals surface area (Å²) in [6.45, 7) is 5.09. The fraction of sp³-hybridized carbons (Fsp3) is 0.714. The van der Waals surface area contributed by atoms with Crippen LogP contribution >= 0.6 is 0 Å².